The zero-order valence-corrected chi connectivity index (χ0v) is 5.46. The van der Waals surface area contributed by atoms with Crippen LogP contribution in [0.5, 0.6) is 0 Å². The molecule has 5 heteroatoms. The first kappa shape index (κ1) is 9.32. The maximum Gasteiger partial charge on any atom is 0.320 e. The van der Waals surface area contributed by atoms with Crippen molar-refractivity contribution in [2.45, 2.75) is 18.6 Å². The van der Waals surface area contributed by atoms with E-state index in [1.807, 2.05) is 0 Å². The van der Waals surface area contributed by atoms with Gasteiger partial charge in [0.15, 0.2) is 0 Å². The van der Waals surface area contributed by atoms with E-state index in [0.717, 1.165) is 0 Å². The number of alkyl halides is 1. The van der Waals surface area contributed by atoms with E-state index in [9.17, 15) is 9.18 Å². The number of nitrogens with two attached hydrogens (primary N) is 2. The zero-order valence-electron chi connectivity index (χ0n) is 5.46. The third-order valence-corrected chi connectivity index (χ3v) is 1.08. The topological polar surface area (TPSA) is 89.3 Å². The van der Waals surface area contributed by atoms with Gasteiger partial charge in [0.25, 0.3) is 0 Å². The molecule has 0 bridgehead atoms. The fourth-order valence-electron chi connectivity index (χ4n) is 0.473. The van der Waals surface area contributed by atoms with Crippen LogP contribution in [-0.2, 0) is 4.79 Å². The monoisotopic (exact) mass is 149 g/mol. The minimum Gasteiger partial charge on any atom is -0.480 e. The summed E-state index contributed by atoms with van der Waals surface area (Å²) < 4.78 is 12.3. The van der Waals surface area contributed by atoms with Gasteiger partial charge in [0.2, 0.25) is 0 Å². The number of halogens is 1. The standard InChI is InChI=1S/C5H11FN2O2/c6-3(2-7)1-4(8)5(9)10/h3-4H,1-2,7-8H2,(H,9,10)/t3-,4-/m0/s1/i6-1. The average molecular weight is 149 g/mol. The lowest BCUT2D eigenvalue weighted by Crippen LogP contribution is -2.34. The minimum atomic E-state index is -1.31. The Hall–Kier alpha value is -0.680. The summed E-state index contributed by atoms with van der Waals surface area (Å²) in [4.78, 5) is 10.0. The molecule has 5 N–H and O–H groups in total. The van der Waals surface area contributed by atoms with Crippen molar-refractivity contribution in [2.75, 3.05) is 6.54 Å². The number of rotatable bonds is 4. The summed E-state index contributed by atoms with van der Waals surface area (Å²) in [7, 11) is 0. The molecule has 0 aromatic heterocycles. The van der Waals surface area contributed by atoms with Gasteiger partial charge in [-0.1, -0.05) is 0 Å². The first-order chi connectivity index (χ1) is 4.57. The Balaban J connectivity index is 3.56. The van der Waals surface area contributed by atoms with Gasteiger partial charge in [-0.25, -0.2) is 4.39 Å². The van der Waals surface area contributed by atoms with Crippen LogP contribution in [-0.4, -0.2) is 29.8 Å². The molecule has 0 unspecified atom stereocenters. The SMILES string of the molecule is NC[C@@H]([18F])C[C@H](N)C(=O)O. The van der Waals surface area contributed by atoms with E-state index in [0.29, 0.717) is 0 Å². The van der Waals surface area contributed by atoms with E-state index < -0.39 is 18.2 Å². The molecule has 0 fully saturated rings. The lowest BCUT2D eigenvalue weighted by Gasteiger charge is -2.07. The van der Waals surface area contributed by atoms with Gasteiger partial charge in [-0.15, -0.1) is 0 Å². The molecule has 10 heavy (non-hydrogen) atoms. The smallest absolute Gasteiger partial charge is 0.320 e. The Morgan fingerprint density at radius 2 is 2.20 bits per heavy atom. The molecule has 0 spiro atoms. The molecule has 0 aliphatic heterocycles. The van der Waals surface area contributed by atoms with E-state index in [1.165, 1.54) is 0 Å². The molecule has 0 saturated heterocycles. The number of hydrogen-bond donors (Lipinski definition) is 3. The van der Waals surface area contributed by atoms with Crippen molar-refractivity contribution >= 4 is 5.97 Å². The molecular formula is C5H11FN2O2. The molecule has 2 atom stereocenters. The molecule has 0 rings (SSSR count). The first-order valence-electron chi connectivity index (χ1n) is 2.90. The van der Waals surface area contributed by atoms with Crippen molar-refractivity contribution in [3.05, 3.63) is 0 Å². The molecule has 0 aromatic rings. The predicted molar refractivity (Wildman–Crippen MR) is 34.2 cm³/mol. The summed E-state index contributed by atoms with van der Waals surface area (Å²) in [5, 5.41) is 8.19. The predicted octanol–water partition coefficient (Wildman–Crippen LogP) is -0.915. The van der Waals surface area contributed by atoms with Crippen LogP contribution < -0.4 is 11.5 Å². The van der Waals surface area contributed by atoms with E-state index in [-0.39, 0.29) is 13.0 Å². The highest BCUT2D eigenvalue weighted by Gasteiger charge is 2.16. The number of carbonyl (C=O) groups is 1. The lowest BCUT2D eigenvalue weighted by atomic mass is 10.1. The van der Waals surface area contributed by atoms with Gasteiger partial charge in [-0.3, -0.25) is 4.79 Å². The van der Waals surface area contributed by atoms with Crippen molar-refractivity contribution in [3.63, 3.8) is 0 Å². The van der Waals surface area contributed by atoms with Crippen LogP contribution in [0.3, 0.4) is 0 Å². The molecule has 0 aromatic carbocycles. The van der Waals surface area contributed by atoms with Crippen molar-refractivity contribution < 1.29 is 14.3 Å². The van der Waals surface area contributed by atoms with Gasteiger partial charge in [-0.05, 0) is 0 Å². The van der Waals surface area contributed by atoms with Gasteiger partial charge >= 0.3 is 5.97 Å². The summed E-state index contributed by atoms with van der Waals surface area (Å²) in [6, 6.07) is -1.14. The van der Waals surface area contributed by atoms with Gasteiger partial charge < -0.3 is 16.6 Å². The van der Waals surface area contributed by atoms with Crippen LogP contribution in [0.15, 0.2) is 0 Å². The Morgan fingerprint density at radius 1 is 1.70 bits per heavy atom. The van der Waals surface area contributed by atoms with Gasteiger partial charge in [0.05, 0.1) is 0 Å². The van der Waals surface area contributed by atoms with Gasteiger partial charge in [0.1, 0.15) is 12.2 Å². The summed E-state index contributed by atoms with van der Waals surface area (Å²) in [6.45, 7) is -0.180. The van der Waals surface area contributed by atoms with Crippen LogP contribution >= 0.6 is 0 Å². The molecule has 4 nitrogen and oxygen atoms in total. The maximum absolute atomic E-state index is 12.3. The highest BCUT2D eigenvalue weighted by Crippen LogP contribution is 1.98. The largest absolute Gasteiger partial charge is 0.480 e. The lowest BCUT2D eigenvalue weighted by molar-refractivity contribution is -0.139. The third-order valence-electron chi connectivity index (χ3n) is 1.08. The second-order valence-electron chi connectivity index (χ2n) is 2.01. The summed E-state index contributed by atoms with van der Waals surface area (Å²) in [5.41, 5.74) is 9.89. The fraction of sp³-hybridized carbons (Fsp3) is 0.800. The highest BCUT2D eigenvalue weighted by molar-refractivity contribution is 5.73. The maximum atomic E-state index is 12.3. The fourth-order valence-corrected chi connectivity index (χ4v) is 0.473. The Morgan fingerprint density at radius 3 is 2.50 bits per heavy atom. The Labute approximate surface area is 58.0 Å². The van der Waals surface area contributed by atoms with E-state index in [1.54, 1.807) is 0 Å². The summed E-state index contributed by atoms with van der Waals surface area (Å²) in [6.07, 6.45) is -1.53. The second-order valence-corrected chi connectivity index (χ2v) is 2.01. The van der Waals surface area contributed by atoms with Gasteiger partial charge in [-0.2, -0.15) is 0 Å². The van der Waals surface area contributed by atoms with E-state index >= 15 is 0 Å². The first-order valence-corrected chi connectivity index (χ1v) is 2.90. The third kappa shape index (κ3) is 3.37. The van der Waals surface area contributed by atoms with Crippen LogP contribution in [0.2, 0.25) is 0 Å². The molecule has 0 amide bonds. The van der Waals surface area contributed by atoms with Crippen molar-refractivity contribution in [2.24, 2.45) is 11.5 Å². The van der Waals surface area contributed by atoms with Crippen molar-refractivity contribution in [1.29, 1.82) is 0 Å². The molecule has 60 valence electrons. The average Bonchev–Trinajstić information content (AvgIpc) is 1.87. The molecular weight excluding hydrogens is 138 g/mol. The molecule has 0 saturated carbocycles. The van der Waals surface area contributed by atoms with E-state index in [2.05, 4.69) is 0 Å². The molecule has 0 aliphatic carbocycles. The number of carboxylic acids is 1. The van der Waals surface area contributed by atoms with Crippen molar-refractivity contribution in [1.82, 2.24) is 0 Å². The summed E-state index contributed by atoms with van der Waals surface area (Å²) >= 11 is 0. The summed E-state index contributed by atoms with van der Waals surface area (Å²) in [5.74, 6) is -1.20. The quantitative estimate of drug-likeness (QED) is 0.482. The molecule has 0 radical (unpaired) electrons. The van der Waals surface area contributed by atoms with Crippen LogP contribution in [0.4, 0.5) is 4.39 Å². The highest BCUT2D eigenvalue weighted by atomic mass is 18.2. The number of hydrogen-bond acceptors (Lipinski definition) is 3. The Kier molecular flexibility index (Phi) is 3.90. The number of carboxylic acid groups (broad SMARTS) is 1. The molecule has 0 aliphatic rings. The van der Waals surface area contributed by atoms with Crippen LogP contribution in [0.1, 0.15) is 6.42 Å². The van der Waals surface area contributed by atoms with E-state index in [4.69, 9.17) is 16.6 Å². The van der Waals surface area contributed by atoms with Crippen LogP contribution in [0.25, 0.3) is 0 Å². The zero-order chi connectivity index (χ0) is 8.15. The van der Waals surface area contributed by atoms with Crippen molar-refractivity contribution in [3.8, 4) is 0 Å². The second kappa shape index (κ2) is 4.19. The number of aliphatic carboxylic acids is 1. The molecule has 0 heterocycles. The van der Waals surface area contributed by atoms with Gasteiger partial charge in [0, 0.05) is 13.0 Å². The normalized spacial score (nSPS) is 16.3. The minimum absolute atomic E-state index is 0.180. The Bertz CT molecular complexity index is 120. The van der Waals surface area contributed by atoms with Crippen LogP contribution in [0, 0.1) is 0 Å².